The molecule has 1 saturated heterocycles. The zero-order valence-corrected chi connectivity index (χ0v) is 18.3. The fourth-order valence-corrected chi connectivity index (χ4v) is 5.77. The summed E-state index contributed by atoms with van der Waals surface area (Å²) >= 11 is 0. The lowest BCUT2D eigenvalue weighted by Gasteiger charge is -2.42. The summed E-state index contributed by atoms with van der Waals surface area (Å²) in [5, 5.41) is 0. The van der Waals surface area contributed by atoms with Crippen molar-refractivity contribution in [3.63, 3.8) is 0 Å². The first-order valence-corrected chi connectivity index (χ1v) is 12.0. The summed E-state index contributed by atoms with van der Waals surface area (Å²) in [5.41, 5.74) is 0.608. The normalized spacial score (nSPS) is 19.6. The first-order chi connectivity index (χ1) is 15.8. The monoisotopic (exact) mass is 468 g/mol. The number of fused-ring (bicyclic) bond motifs is 4. The number of nitrogens with zero attached hydrogens (tertiary/aromatic N) is 3. The Balaban J connectivity index is 1.41. The van der Waals surface area contributed by atoms with Crippen LogP contribution in [0.15, 0.2) is 70.5 Å². The molecular formula is C23H21FN4O4S. The lowest BCUT2D eigenvalue weighted by atomic mass is 9.83. The summed E-state index contributed by atoms with van der Waals surface area (Å²) in [6.45, 7) is 1.34. The Morgan fingerprint density at radius 3 is 2.67 bits per heavy atom. The van der Waals surface area contributed by atoms with Crippen molar-refractivity contribution in [2.24, 2.45) is 5.92 Å². The van der Waals surface area contributed by atoms with Gasteiger partial charge in [-0.1, -0.05) is 12.1 Å². The van der Waals surface area contributed by atoms with Gasteiger partial charge in [-0.25, -0.2) is 12.8 Å². The van der Waals surface area contributed by atoms with E-state index >= 15 is 0 Å². The number of sulfonamides is 1. The van der Waals surface area contributed by atoms with Crippen molar-refractivity contribution >= 4 is 21.6 Å². The van der Waals surface area contributed by atoms with Crippen molar-refractivity contribution < 1.29 is 17.6 Å². The second-order valence-electron chi connectivity index (χ2n) is 8.37. The molecule has 1 amide bonds. The third-order valence-electron chi connectivity index (χ3n) is 6.13. The van der Waals surface area contributed by atoms with E-state index in [1.807, 2.05) is 0 Å². The van der Waals surface area contributed by atoms with Crippen molar-refractivity contribution in [1.82, 2.24) is 14.5 Å². The maximum absolute atomic E-state index is 13.5. The van der Waals surface area contributed by atoms with Gasteiger partial charge in [0.1, 0.15) is 17.2 Å². The van der Waals surface area contributed by atoms with Gasteiger partial charge in [0, 0.05) is 37.4 Å². The summed E-state index contributed by atoms with van der Waals surface area (Å²) in [6.07, 6.45) is 2.43. The topological polar surface area (TPSA) is 101 Å². The third-order valence-corrected chi connectivity index (χ3v) is 7.49. The van der Waals surface area contributed by atoms with Crippen LogP contribution in [-0.2, 0) is 16.6 Å². The minimum absolute atomic E-state index is 0.0354. The van der Waals surface area contributed by atoms with Crippen molar-refractivity contribution in [2.45, 2.75) is 23.8 Å². The SMILES string of the molecule is O=C(c1ccccn1)N1C[C@H]2C[C@H](C1)c1ccc(NS(=O)(=O)c3cccc(F)c3)c(=O)n1C2. The van der Waals surface area contributed by atoms with Gasteiger partial charge in [-0.05, 0) is 54.8 Å². The molecule has 2 aliphatic heterocycles. The number of hydrogen-bond acceptors (Lipinski definition) is 5. The van der Waals surface area contributed by atoms with Crippen LogP contribution in [0.1, 0.15) is 28.5 Å². The molecule has 2 aromatic heterocycles. The van der Waals surface area contributed by atoms with Gasteiger partial charge in [-0.2, -0.15) is 0 Å². The molecule has 0 spiro atoms. The van der Waals surface area contributed by atoms with Crippen LogP contribution < -0.4 is 10.3 Å². The van der Waals surface area contributed by atoms with Crippen LogP contribution in [0.3, 0.4) is 0 Å². The summed E-state index contributed by atoms with van der Waals surface area (Å²) in [7, 11) is -4.12. The molecule has 2 atom stereocenters. The fraction of sp³-hybridized carbons (Fsp3) is 0.261. The van der Waals surface area contributed by atoms with Gasteiger partial charge in [0.15, 0.2) is 0 Å². The quantitative estimate of drug-likeness (QED) is 0.634. The number of aromatic nitrogens is 2. The van der Waals surface area contributed by atoms with Gasteiger partial charge in [0.2, 0.25) is 0 Å². The molecule has 1 fully saturated rings. The molecule has 5 rings (SSSR count). The van der Waals surface area contributed by atoms with Gasteiger partial charge in [-0.3, -0.25) is 19.3 Å². The van der Waals surface area contributed by atoms with Crippen LogP contribution in [0.4, 0.5) is 10.1 Å². The molecule has 0 aliphatic carbocycles. The summed E-state index contributed by atoms with van der Waals surface area (Å²) < 4.78 is 42.7. The van der Waals surface area contributed by atoms with E-state index in [4.69, 9.17) is 0 Å². The van der Waals surface area contributed by atoms with Crippen molar-refractivity contribution in [1.29, 1.82) is 0 Å². The molecule has 8 nitrogen and oxygen atoms in total. The third kappa shape index (κ3) is 4.02. The highest BCUT2D eigenvalue weighted by atomic mass is 32.2. The number of pyridine rings is 2. The minimum Gasteiger partial charge on any atom is -0.336 e. The lowest BCUT2D eigenvalue weighted by Crippen LogP contribution is -2.49. The fourth-order valence-electron chi connectivity index (χ4n) is 4.68. The Morgan fingerprint density at radius 1 is 1.06 bits per heavy atom. The highest BCUT2D eigenvalue weighted by Gasteiger charge is 2.37. The molecule has 3 aromatic rings. The van der Waals surface area contributed by atoms with E-state index in [1.165, 1.54) is 18.2 Å². The average molecular weight is 469 g/mol. The molecule has 0 unspecified atom stereocenters. The number of carbonyl (C=O) groups is 1. The standard InChI is InChI=1S/C23H21FN4O4S/c24-17-4-3-5-18(11-17)33(31,32)26-20-7-8-21-16-10-15(13-28(21)23(20)30)12-27(14-16)22(29)19-6-1-2-9-25-19/h1-9,11,15-16,26H,10,12-14H2/t15-,16-/m1/s1. The smallest absolute Gasteiger partial charge is 0.275 e. The summed E-state index contributed by atoms with van der Waals surface area (Å²) in [4.78, 5) is 31.7. The Kier molecular flexibility index (Phi) is 5.24. The van der Waals surface area contributed by atoms with E-state index in [2.05, 4.69) is 9.71 Å². The van der Waals surface area contributed by atoms with Gasteiger partial charge in [0.05, 0.1) is 4.90 Å². The maximum atomic E-state index is 13.5. The van der Waals surface area contributed by atoms with Gasteiger partial charge < -0.3 is 9.47 Å². The van der Waals surface area contributed by atoms with Crippen LogP contribution in [0.5, 0.6) is 0 Å². The van der Waals surface area contributed by atoms with Gasteiger partial charge in [-0.15, -0.1) is 0 Å². The zero-order valence-electron chi connectivity index (χ0n) is 17.5. The highest BCUT2D eigenvalue weighted by Crippen LogP contribution is 2.36. The number of anilines is 1. The first kappa shape index (κ1) is 21.3. The zero-order chi connectivity index (χ0) is 23.2. The van der Waals surface area contributed by atoms with E-state index in [0.717, 1.165) is 24.2 Å². The molecule has 0 radical (unpaired) electrons. The Morgan fingerprint density at radius 2 is 1.91 bits per heavy atom. The van der Waals surface area contributed by atoms with E-state index in [9.17, 15) is 22.4 Å². The Bertz CT molecular complexity index is 1390. The van der Waals surface area contributed by atoms with E-state index in [-0.39, 0.29) is 28.3 Å². The number of benzene rings is 1. The lowest BCUT2D eigenvalue weighted by molar-refractivity contribution is 0.0589. The number of likely N-dealkylation sites (tertiary alicyclic amines) is 1. The first-order valence-electron chi connectivity index (χ1n) is 10.5. The largest absolute Gasteiger partial charge is 0.336 e. The number of rotatable bonds is 4. The predicted molar refractivity (Wildman–Crippen MR) is 119 cm³/mol. The van der Waals surface area contributed by atoms with Crippen molar-refractivity contribution in [2.75, 3.05) is 17.8 Å². The van der Waals surface area contributed by atoms with Crippen LogP contribution in [0, 0.1) is 11.7 Å². The van der Waals surface area contributed by atoms with E-state index in [1.54, 1.807) is 39.9 Å². The number of hydrogen-bond donors (Lipinski definition) is 1. The molecule has 1 aromatic carbocycles. The second kappa shape index (κ2) is 8.11. The molecule has 170 valence electrons. The average Bonchev–Trinajstić information content (AvgIpc) is 2.81. The highest BCUT2D eigenvalue weighted by molar-refractivity contribution is 7.92. The van der Waals surface area contributed by atoms with Crippen molar-refractivity contribution in [3.05, 3.63) is 88.4 Å². The molecule has 1 N–H and O–H groups in total. The number of halogens is 1. The molecular weight excluding hydrogens is 447 g/mol. The van der Waals surface area contributed by atoms with Crippen molar-refractivity contribution in [3.8, 4) is 0 Å². The Hall–Kier alpha value is -3.53. The molecule has 4 heterocycles. The van der Waals surface area contributed by atoms with Crippen LogP contribution >= 0.6 is 0 Å². The Labute approximate surface area is 189 Å². The number of nitrogens with one attached hydrogen (secondary N) is 1. The number of carbonyl (C=O) groups excluding carboxylic acids is 1. The second-order valence-corrected chi connectivity index (χ2v) is 10.1. The van der Waals surface area contributed by atoms with Crippen LogP contribution in [0.25, 0.3) is 0 Å². The molecule has 2 bridgehead atoms. The molecule has 0 saturated carbocycles. The van der Waals surface area contributed by atoms with E-state index in [0.29, 0.717) is 25.3 Å². The minimum atomic E-state index is -4.12. The van der Waals surface area contributed by atoms with Crippen LogP contribution in [0.2, 0.25) is 0 Å². The molecule has 2 aliphatic rings. The maximum Gasteiger partial charge on any atom is 0.275 e. The van der Waals surface area contributed by atoms with Gasteiger partial charge in [0.25, 0.3) is 21.5 Å². The molecule has 33 heavy (non-hydrogen) atoms. The number of piperidine rings is 1. The summed E-state index contributed by atoms with van der Waals surface area (Å²) in [6, 6.07) is 13.0. The van der Waals surface area contributed by atoms with E-state index < -0.39 is 21.4 Å². The van der Waals surface area contributed by atoms with Crippen LogP contribution in [-0.4, -0.2) is 41.9 Å². The van der Waals surface area contributed by atoms with Gasteiger partial charge >= 0.3 is 0 Å². The predicted octanol–water partition coefficient (Wildman–Crippen LogP) is 2.44. The number of amides is 1. The summed E-state index contributed by atoms with van der Waals surface area (Å²) in [5.74, 6) is -0.790. The molecule has 10 heteroatoms.